The molecule has 2 N–H and O–H groups in total. The van der Waals surface area contributed by atoms with Gasteiger partial charge in [-0.25, -0.2) is 4.98 Å². The van der Waals surface area contributed by atoms with Crippen molar-refractivity contribution < 1.29 is 22.6 Å². The monoisotopic (exact) mass is 460 g/mol. The molecule has 1 heterocycles. The van der Waals surface area contributed by atoms with Crippen LogP contribution in [-0.4, -0.2) is 22.7 Å². The van der Waals surface area contributed by atoms with Crippen molar-refractivity contribution in [2.75, 3.05) is 17.2 Å². The van der Waals surface area contributed by atoms with E-state index in [1.54, 1.807) is 48.5 Å². The van der Waals surface area contributed by atoms with Crippen LogP contribution in [0.25, 0.3) is 0 Å². The number of rotatable bonds is 10. The van der Waals surface area contributed by atoms with Crippen LogP contribution in [0, 0.1) is 0 Å². The molecule has 0 bridgehead atoms. The molecule has 0 spiro atoms. The molecule has 2 aromatic carbocycles. The van der Waals surface area contributed by atoms with Crippen LogP contribution >= 0.6 is 0 Å². The minimum Gasteiger partial charge on any atom is -0.494 e. The summed E-state index contributed by atoms with van der Waals surface area (Å²) in [5.41, 5.74) is 0.0654. The van der Waals surface area contributed by atoms with Gasteiger partial charge in [0.15, 0.2) is 0 Å². The third-order valence-electron chi connectivity index (χ3n) is 4.44. The highest BCUT2D eigenvalue weighted by atomic mass is 19.4. The van der Waals surface area contributed by atoms with Gasteiger partial charge in [0.25, 0.3) is 0 Å². The molecule has 33 heavy (non-hydrogen) atoms. The van der Waals surface area contributed by atoms with Crippen molar-refractivity contribution in [3.8, 4) is 11.5 Å². The second kappa shape index (κ2) is 10.9. The Morgan fingerprint density at radius 3 is 2.39 bits per heavy atom. The number of unbranched alkanes of at least 4 members (excludes halogenated alkanes) is 1. The SMILES string of the molecule is CCCCOc1ccc(Nc2ncc(C(F)(F)F)c(Nc3cccc(OC(C)C)c3)n2)cc1. The summed E-state index contributed by atoms with van der Waals surface area (Å²) in [5, 5.41) is 5.68. The Kier molecular flexibility index (Phi) is 7.97. The Hall–Kier alpha value is -3.49. The topological polar surface area (TPSA) is 68.3 Å². The zero-order valence-electron chi connectivity index (χ0n) is 18.7. The van der Waals surface area contributed by atoms with E-state index in [0.717, 1.165) is 19.0 Å². The predicted octanol–water partition coefficient (Wildman–Crippen LogP) is 6.95. The molecule has 3 aromatic rings. The van der Waals surface area contributed by atoms with Crippen LogP contribution in [0.5, 0.6) is 11.5 Å². The maximum Gasteiger partial charge on any atom is 0.421 e. The van der Waals surface area contributed by atoms with Crippen LogP contribution in [-0.2, 0) is 6.18 Å². The number of nitrogens with zero attached hydrogens (tertiary/aromatic N) is 2. The van der Waals surface area contributed by atoms with Crippen LogP contribution in [0.1, 0.15) is 39.2 Å². The molecule has 0 aliphatic heterocycles. The van der Waals surface area contributed by atoms with Crippen molar-refractivity contribution in [3.63, 3.8) is 0 Å². The lowest BCUT2D eigenvalue weighted by Crippen LogP contribution is -2.12. The van der Waals surface area contributed by atoms with Crippen molar-refractivity contribution in [1.82, 2.24) is 9.97 Å². The second-order valence-corrected chi connectivity index (χ2v) is 7.62. The highest BCUT2D eigenvalue weighted by molar-refractivity contribution is 5.64. The third-order valence-corrected chi connectivity index (χ3v) is 4.44. The minimum absolute atomic E-state index is 0.0275. The average molecular weight is 461 g/mol. The summed E-state index contributed by atoms with van der Waals surface area (Å²) in [6, 6.07) is 13.7. The van der Waals surface area contributed by atoms with E-state index in [1.807, 2.05) is 13.8 Å². The van der Waals surface area contributed by atoms with Gasteiger partial charge >= 0.3 is 6.18 Å². The first kappa shape index (κ1) is 24.2. The Bertz CT molecular complexity index is 1040. The number of halogens is 3. The molecular weight excluding hydrogens is 433 g/mol. The van der Waals surface area contributed by atoms with Crippen molar-refractivity contribution in [1.29, 1.82) is 0 Å². The van der Waals surface area contributed by atoms with E-state index in [1.165, 1.54) is 0 Å². The molecule has 0 unspecified atom stereocenters. The molecule has 0 saturated carbocycles. The van der Waals surface area contributed by atoms with Crippen LogP contribution in [0.4, 0.5) is 36.3 Å². The van der Waals surface area contributed by atoms with Crippen molar-refractivity contribution >= 4 is 23.1 Å². The van der Waals surface area contributed by atoms with Gasteiger partial charge in [-0.15, -0.1) is 0 Å². The average Bonchev–Trinajstić information content (AvgIpc) is 2.74. The Labute approximate surface area is 191 Å². The van der Waals surface area contributed by atoms with Crippen molar-refractivity contribution in [2.45, 2.75) is 45.9 Å². The first-order valence-corrected chi connectivity index (χ1v) is 10.7. The number of nitrogens with one attached hydrogen (secondary N) is 2. The molecule has 3 rings (SSSR count). The fourth-order valence-corrected chi connectivity index (χ4v) is 2.90. The second-order valence-electron chi connectivity index (χ2n) is 7.62. The lowest BCUT2D eigenvalue weighted by Gasteiger charge is -2.16. The maximum absolute atomic E-state index is 13.6. The van der Waals surface area contributed by atoms with E-state index in [-0.39, 0.29) is 17.9 Å². The van der Waals surface area contributed by atoms with Crippen LogP contribution in [0.3, 0.4) is 0 Å². The molecule has 9 heteroatoms. The largest absolute Gasteiger partial charge is 0.494 e. The summed E-state index contributed by atoms with van der Waals surface area (Å²) in [7, 11) is 0. The first-order valence-electron chi connectivity index (χ1n) is 10.7. The van der Waals surface area contributed by atoms with Gasteiger partial charge in [0.1, 0.15) is 22.9 Å². The fourth-order valence-electron chi connectivity index (χ4n) is 2.90. The lowest BCUT2D eigenvalue weighted by atomic mass is 10.2. The standard InChI is InChI=1S/C24H27F3N4O2/c1-4-5-13-32-19-11-9-17(10-12-19)30-23-28-15-21(24(25,26)27)22(31-23)29-18-7-6-8-20(14-18)33-16(2)3/h6-12,14-16H,4-5,13H2,1-3H3,(H2,28,29,30,31). The molecule has 0 aliphatic rings. The van der Waals surface area contributed by atoms with Gasteiger partial charge in [-0.1, -0.05) is 19.4 Å². The highest BCUT2D eigenvalue weighted by Gasteiger charge is 2.35. The van der Waals surface area contributed by atoms with E-state index >= 15 is 0 Å². The minimum atomic E-state index is -4.62. The van der Waals surface area contributed by atoms with Gasteiger partial charge in [-0.3, -0.25) is 0 Å². The molecule has 176 valence electrons. The summed E-state index contributed by atoms with van der Waals surface area (Å²) in [6.07, 6.45) is -1.93. The number of hydrogen-bond donors (Lipinski definition) is 2. The maximum atomic E-state index is 13.6. The lowest BCUT2D eigenvalue weighted by molar-refractivity contribution is -0.137. The third kappa shape index (κ3) is 7.27. The first-order chi connectivity index (χ1) is 15.7. The molecule has 0 radical (unpaired) electrons. The molecule has 6 nitrogen and oxygen atoms in total. The summed E-state index contributed by atoms with van der Waals surface area (Å²) in [4.78, 5) is 7.92. The zero-order chi connectivity index (χ0) is 23.8. The number of benzene rings is 2. The van der Waals surface area contributed by atoms with E-state index in [4.69, 9.17) is 9.47 Å². The summed E-state index contributed by atoms with van der Waals surface area (Å²) < 4.78 is 51.9. The van der Waals surface area contributed by atoms with E-state index < -0.39 is 11.7 Å². The number of aromatic nitrogens is 2. The number of ether oxygens (including phenoxy) is 2. The van der Waals surface area contributed by atoms with Gasteiger partial charge in [-0.05, 0) is 56.7 Å². The van der Waals surface area contributed by atoms with Gasteiger partial charge in [-0.2, -0.15) is 18.2 Å². The van der Waals surface area contributed by atoms with Gasteiger partial charge < -0.3 is 20.1 Å². The summed E-state index contributed by atoms with van der Waals surface area (Å²) in [6.45, 7) is 6.45. The Balaban J connectivity index is 1.80. The van der Waals surface area contributed by atoms with Crippen molar-refractivity contribution in [3.05, 3.63) is 60.3 Å². The molecular formula is C24H27F3N4O2. The van der Waals surface area contributed by atoms with E-state index in [2.05, 4.69) is 27.5 Å². The van der Waals surface area contributed by atoms with Gasteiger partial charge in [0.2, 0.25) is 5.95 Å². The Morgan fingerprint density at radius 2 is 1.73 bits per heavy atom. The molecule has 0 amide bonds. The number of anilines is 4. The van der Waals surface area contributed by atoms with Gasteiger partial charge in [0.05, 0.1) is 12.7 Å². The quantitative estimate of drug-likeness (QED) is 0.319. The van der Waals surface area contributed by atoms with Gasteiger partial charge in [0, 0.05) is 23.6 Å². The van der Waals surface area contributed by atoms with Crippen molar-refractivity contribution in [2.24, 2.45) is 0 Å². The normalized spacial score (nSPS) is 11.4. The highest BCUT2D eigenvalue weighted by Crippen LogP contribution is 2.36. The number of hydrogen-bond acceptors (Lipinski definition) is 6. The molecule has 0 fully saturated rings. The Morgan fingerprint density at radius 1 is 0.970 bits per heavy atom. The number of alkyl halides is 3. The fraction of sp³-hybridized carbons (Fsp3) is 0.333. The van der Waals surface area contributed by atoms with Crippen LogP contribution < -0.4 is 20.1 Å². The summed E-state index contributed by atoms with van der Waals surface area (Å²) in [5.74, 6) is 0.923. The van der Waals surface area contributed by atoms with E-state index in [9.17, 15) is 13.2 Å². The van der Waals surface area contributed by atoms with Crippen LogP contribution in [0.15, 0.2) is 54.7 Å². The smallest absolute Gasteiger partial charge is 0.421 e. The molecule has 0 saturated heterocycles. The predicted molar refractivity (Wildman–Crippen MR) is 123 cm³/mol. The molecule has 1 aromatic heterocycles. The summed E-state index contributed by atoms with van der Waals surface area (Å²) >= 11 is 0. The van der Waals surface area contributed by atoms with Crippen LogP contribution in [0.2, 0.25) is 0 Å². The van der Waals surface area contributed by atoms with E-state index in [0.29, 0.717) is 29.5 Å². The molecule has 0 aliphatic carbocycles. The zero-order valence-corrected chi connectivity index (χ0v) is 18.7. The molecule has 0 atom stereocenters.